The lowest BCUT2D eigenvalue weighted by atomic mass is 10.0. The monoisotopic (exact) mass is 281 g/mol. The highest BCUT2D eigenvalue weighted by Gasteiger charge is 2.20. The molecule has 2 rings (SSSR count). The minimum absolute atomic E-state index is 0.00419. The molecule has 3 N–H and O–H groups in total. The van der Waals surface area contributed by atoms with Crippen molar-refractivity contribution in [2.24, 2.45) is 0 Å². The summed E-state index contributed by atoms with van der Waals surface area (Å²) in [5, 5.41) is 3.36. The number of nitrogens with one attached hydrogen (secondary N) is 1. The number of hydrogen-bond acceptors (Lipinski definition) is 3. The van der Waals surface area contributed by atoms with Gasteiger partial charge in [-0.25, -0.2) is 0 Å². The number of hydrogen-bond donors (Lipinski definition) is 2. The third kappa shape index (κ3) is 3.85. The summed E-state index contributed by atoms with van der Waals surface area (Å²) in [7, 11) is 0. The van der Waals surface area contributed by atoms with Gasteiger partial charge in [0.2, 0.25) is 5.91 Å². The molecule has 0 spiro atoms. The van der Waals surface area contributed by atoms with Crippen molar-refractivity contribution in [2.75, 3.05) is 24.1 Å². The van der Waals surface area contributed by atoms with Crippen molar-refractivity contribution >= 4 is 28.9 Å². The van der Waals surface area contributed by atoms with Crippen LogP contribution in [-0.2, 0) is 4.79 Å². The predicted octanol–water partition coefficient (Wildman–Crippen LogP) is 2.74. The molecule has 19 heavy (non-hydrogen) atoms. The predicted molar refractivity (Wildman–Crippen MR) is 79.4 cm³/mol. The molecule has 0 bridgehead atoms. The van der Waals surface area contributed by atoms with E-state index in [4.69, 9.17) is 17.3 Å². The number of benzene rings is 1. The molecule has 1 heterocycles. The first kappa shape index (κ1) is 14.2. The molecule has 0 saturated carbocycles. The average Bonchev–Trinajstić information content (AvgIpc) is 2.37. The summed E-state index contributed by atoms with van der Waals surface area (Å²) >= 11 is 5.85. The first-order chi connectivity index (χ1) is 9.06. The summed E-state index contributed by atoms with van der Waals surface area (Å²) in [4.78, 5) is 14.2. The van der Waals surface area contributed by atoms with E-state index in [9.17, 15) is 4.79 Å². The van der Waals surface area contributed by atoms with Gasteiger partial charge in [0.05, 0.1) is 17.3 Å². The molecule has 0 aromatic heterocycles. The van der Waals surface area contributed by atoms with E-state index < -0.39 is 0 Å². The fraction of sp³-hybridized carbons (Fsp3) is 0.500. The fourth-order valence-corrected chi connectivity index (χ4v) is 2.52. The van der Waals surface area contributed by atoms with Crippen molar-refractivity contribution in [3.8, 4) is 0 Å². The quantitative estimate of drug-likeness (QED) is 0.838. The van der Waals surface area contributed by atoms with E-state index >= 15 is 0 Å². The van der Waals surface area contributed by atoms with E-state index in [1.165, 1.54) is 19.3 Å². The highest BCUT2D eigenvalue weighted by Crippen LogP contribution is 2.22. The Morgan fingerprint density at radius 2 is 2.32 bits per heavy atom. The van der Waals surface area contributed by atoms with Crippen LogP contribution < -0.4 is 11.1 Å². The number of halogens is 1. The van der Waals surface area contributed by atoms with Gasteiger partial charge in [-0.2, -0.15) is 0 Å². The minimum Gasteiger partial charge on any atom is -0.397 e. The number of amides is 1. The second-order valence-electron chi connectivity index (χ2n) is 5.10. The van der Waals surface area contributed by atoms with Gasteiger partial charge in [0.15, 0.2) is 0 Å². The van der Waals surface area contributed by atoms with E-state index in [1.54, 1.807) is 18.2 Å². The zero-order valence-electron chi connectivity index (χ0n) is 11.2. The van der Waals surface area contributed by atoms with Gasteiger partial charge in [0.1, 0.15) is 0 Å². The SMILES string of the molecule is CC1CCCCN1CC(=O)Nc1ccc(Cl)c(N)c1. The lowest BCUT2D eigenvalue weighted by Crippen LogP contribution is -2.42. The molecular weight excluding hydrogens is 262 g/mol. The van der Waals surface area contributed by atoms with Gasteiger partial charge in [-0.15, -0.1) is 0 Å². The van der Waals surface area contributed by atoms with Crippen LogP contribution in [0, 0.1) is 0 Å². The van der Waals surface area contributed by atoms with Crippen LogP contribution in [0.1, 0.15) is 26.2 Å². The number of likely N-dealkylation sites (tertiary alicyclic amines) is 1. The number of carbonyl (C=O) groups is 1. The molecular formula is C14H20ClN3O. The van der Waals surface area contributed by atoms with E-state index in [2.05, 4.69) is 17.1 Å². The van der Waals surface area contributed by atoms with Crippen molar-refractivity contribution in [3.05, 3.63) is 23.2 Å². The van der Waals surface area contributed by atoms with Crippen LogP contribution in [0.4, 0.5) is 11.4 Å². The first-order valence-electron chi connectivity index (χ1n) is 6.65. The Morgan fingerprint density at radius 1 is 1.53 bits per heavy atom. The number of rotatable bonds is 3. The summed E-state index contributed by atoms with van der Waals surface area (Å²) in [5.41, 5.74) is 6.88. The third-order valence-electron chi connectivity index (χ3n) is 3.57. The van der Waals surface area contributed by atoms with E-state index in [0.29, 0.717) is 29.0 Å². The normalized spacial score (nSPS) is 20.2. The number of nitrogen functional groups attached to an aromatic ring is 1. The van der Waals surface area contributed by atoms with Gasteiger partial charge >= 0.3 is 0 Å². The van der Waals surface area contributed by atoms with Crippen LogP contribution in [0.15, 0.2) is 18.2 Å². The molecule has 0 radical (unpaired) electrons. The van der Waals surface area contributed by atoms with Crippen LogP contribution in [0.5, 0.6) is 0 Å². The van der Waals surface area contributed by atoms with Crippen LogP contribution >= 0.6 is 11.6 Å². The lowest BCUT2D eigenvalue weighted by molar-refractivity contribution is -0.118. The smallest absolute Gasteiger partial charge is 0.238 e. The average molecular weight is 282 g/mol. The second-order valence-corrected chi connectivity index (χ2v) is 5.51. The molecule has 1 aliphatic heterocycles. The molecule has 5 heteroatoms. The molecule has 0 aliphatic carbocycles. The summed E-state index contributed by atoms with van der Waals surface area (Å²) in [6.45, 7) is 3.60. The molecule has 104 valence electrons. The second kappa shape index (κ2) is 6.26. The van der Waals surface area contributed by atoms with Crippen molar-refractivity contribution < 1.29 is 4.79 Å². The lowest BCUT2D eigenvalue weighted by Gasteiger charge is -2.32. The topological polar surface area (TPSA) is 58.4 Å². The molecule has 1 atom stereocenters. The van der Waals surface area contributed by atoms with Crippen LogP contribution in [0.3, 0.4) is 0 Å². The van der Waals surface area contributed by atoms with Crippen LogP contribution in [0.25, 0.3) is 0 Å². The maximum atomic E-state index is 12.0. The third-order valence-corrected chi connectivity index (χ3v) is 3.91. The highest BCUT2D eigenvalue weighted by molar-refractivity contribution is 6.33. The number of carbonyl (C=O) groups excluding carboxylic acids is 1. The maximum Gasteiger partial charge on any atom is 0.238 e. The van der Waals surface area contributed by atoms with Crippen LogP contribution in [-0.4, -0.2) is 29.9 Å². The van der Waals surface area contributed by atoms with Gasteiger partial charge < -0.3 is 11.1 Å². The van der Waals surface area contributed by atoms with Gasteiger partial charge in [0.25, 0.3) is 0 Å². The van der Waals surface area contributed by atoms with E-state index in [-0.39, 0.29) is 5.91 Å². The zero-order valence-corrected chi connectivity index (χ0v) is 11.9. The van der Waals surface area contributed by atoms with Crippen molar-refractivity contribution in [1.82, 2.24) is 4.90 Å². The standard InChI is InChI=1S/C14H20ClN3O/c1-10-4-2-3-7-18(10)9-14(19)17-11-5-6-12(15)13(16)8-11/h5-6,8,10H,2-4,7,9,16H2,1H3,(H,17,19). The van der Waals surface area contributed by atoms with Crippen molar-refractivity contribution in [1.29, 1.82) is 0 Å². The van der Waals surface area contributed by atoms with Gasteiger partial charge in [0, 0.05) is 11.7 Å². The number of nitrogens with two attached hydrogens (primary N) is 1. The Kier molecular flexibility index (Phi) is 4.66. The summed E-state index contributed by atoms with van der Waals surface area (Å²) < 4.78 is 0. The molecule has 1 aromatic carbocycles. The summed E-state index contributed by atoms with van der Waals surface area (Å²) in [5.74, 6) is -0.00419. The summed E-state index contributed by atoms with van der Waals surface area (Å²) in [6, 6.07) is 5.61. The van der Waals surface area contributed by atoms with E-state index in [0.717, 1.165) is 6.54 Å². The Hall–Kier alpha value is -1.26. The van der Waals surface area contributed by atoms with Crippen molar-refractivity contribution in [2.45, 2.75) is 32.2 Å². The number of anilines is 2. The van der Waals surface area contributed by atoms with Gasteiger partial charge in [-0.3, -0.25) is 9.69 Å². The molecule has 4 nitrogen and oxygen atoms in total. The Labute approximate surface area is 118 Å². The minimum atomic E-state index is -0.00419. The maximum absolute atomic E-state index is 12.0. The molecule has 1 amide bonds. The fourth-order valence-electron chi connectivity index (χ4n) is 2.40. The van der Waals surface area contributed by atoms with Crippen molar-refractivity contribution in [3.63, 3.8) is 0 Å². The molecule has 1 aromatic rings. The summed E-state index contributed by atoms with van der Waals surface area (Å²) in [6.07, 6.45) is 3.60. The van der Waals surface area contributed by atoms with Gasteiger partial charge in [-0.05, 0) is 44.5 Å². The van der Waals surface area contributed by atoms with Gasteiger partial charge in [-0.1, -0.05) is 18.0 Å². The first-order valence-corrected chi connectivity index (χ1v) is 7.03. The molecule has 1 aliphatic rings. The molecule has 1 saturated heterocycles. The molecule has 1 unspecified atom stereocenters. The number of nitrogens with zero attached hydrogens (tertiary/aromatic N) is 1. The Morgan fingerprint density at radius 3 is 3.00 bits per heavy atom. The highest BCUT2D eigenvalue weighted by atomic mass is 35.5. The Bertz CT molecular complexity index is 464. The molecule has 1 fully saturated rings. The Balaban J connectivity index is 1.91. The number of piperidine rings is 1. The zero-order chi connectivity index (χ0) is 13.8. The van der Waals surface area contributed by atoms with E-state index in [1.807, 2.05) is 0 Å². The largest absolute Gasteiger partial charge is 0.397 e. The van der Waals surface area contributed by atoms with Crippen LogP contribution in [0.2, 0.25) is 5.02 Å².